The Hall–Kier alpha value is -1.12. The fourth-order valence-electron chi connectivity index (χ4n) is 1.49. The quantitative estimate of drug-likeness (QED) is 0.440. The van der Waals surface area contributed by atoms with Crippen molar-refractivity contribution in [3.8, 4) is 0 Å². The fraction of sp³-hybridized carbons (Fsp3) is 0.545. The van der Waals surface area contributed by atoms with Crippen molar-refractivity contribution in [1.82, 2.24) is 9.62 Å². The Kier molecular flexibility index (Phi) is 6.26. The maximum atomic E-state index is 11.8. The molecule has 1 aromatic heterocycles. The summed E-state index contributed by atoms with van der Waals surface area (Å²) in [7, 11) is -3.40. The molecule has 0 radical (unpaired) electrons. The number of hydrogen-bond donors (Lipinski definition) is 2. The number of guanidine groups is 1. The molecule has 0 aliphatic heterocycles. The number of rotatable bonds is 7. The van der Waals surface area contributed by atoms with Gasteiger partial charge in [-0.15, -0.1) is 11.3 Å². The van der Waals surface area contributed by atoms with Crippen molar-refractivity contribution in [2.75, 3.05) is 26.2 Å². The van der Waals surface area contributed by atoms with E-state index in [-0.39, 0.29) is 6.54 Å². The summed E-state index contributed by atoms with van der Waals surface area (Å²) in [4.78, 5) is 6.06. The summed E-state index contributed by atoms with van der Waals surface area (Å²) in [5.41, 5.74) is 5.78. The predicted octanol–water partition coefficient (Wildman–Crippen LogP) is 0.683. The van der Waals surface area contributed by atoms with Crippen LogP contribution in [0.5, 0.6) is 0 Å². The van der Waals surface area contributed by atoms with Crippen molar-refractivity contribution < 1.29 is 8.42 Å². The zero-order valence-corrected chi connectivity index (χ0v) is 12.8. The lowest BCUT2D eigenvalue weighted by atomic mass is 10.5. The molecule has 0 spiro atoms. The molecule has 1 rings (SSSR count). The van der Waals surface area contributed by atoms with Crippen LogP contribution in [0.4, 0.5) is 0 Å². The van der Waals surface area contributed by atoms with E-state index in [0.717, 1.165) is 13.1 Å². The number of nitrogens with two attached hydrogens (primary N) is 1. The average Bonchev–Trinajstić information content (AvgIpc) is 2.91. The second-order valence-corrected chi connectivity index (χ2v) is 6.68. The fourth-order valence-corrected chi connectivity index (χ4v) is 3.54. The lowest BCUT2D eigenvalue weighted by Crippen LogP contribution is -2.37. The highest BCUT2D eigenvalue weighted by molar-refractivity contribution is 7.91. The van der Waals surface area contributed by atoms with E-state index >= 15 is 0 Å². The molecule has 1 heterocycles. The molecule has 0 unspecified atom stereocenters. The third-order valence-corrected chi connectivity index (χ3v) is 5.38. The molecular weight excluding hydrogens is 284 g/mol. The lowest BCUT2D eigenvalue weighted by molar-refractivity contribution is 0.458. The molecule has 3 N–H and O–H groups in total. The van der Waals surface area contributed by atoms with Crippen LogP contribution in [0, 0.1) is 0 Å². The first-order valence-corrected chi connectivity index (χ1v) is 8.45. The first-order valence-electron chi connectivity index (χ1n) is 6.09. The number of aliphatic imine (C=N–C) groups is 1. The molecule has 0 saturated heterocycles. The van der Waals surface area contributed by atoms with E-state index in [1.54, 1.807) is 17.5 Å². The van der Waals surface area contributed by atoms with E-state index in [1.807, 2.05) is 18.7 Å². The third kappa shape index (κ3) is 4.81. The van der Waals surface area contributed by atoms with Crippen molar-refractivity contribution in [3.63, 3.8) is 0 Å². The molecule has 108 valence electrons. The number of nitrogens with zero attached hydrogens (tertiary/aromatic N) is 2. The number of hydrogen-bond acceptors (Lipinski definition) is 4. The molecule has 0 bridgehead atoms. The molecule has 8 heteroatoms. The number of sulfonamides is 1. The van der Waals surface area contributed by atoms with E-state index in [0.29, 0.717) is 16.7 Å². The molecule has 0 saturated carbocycles. The van der Waals surface area contributed by atoms with Gasteiger partial charge in [0.25, 0.3) is 0 Å². The Morgan fingerprint density at radius 2 is 2.16 bits per heavy atom. The van der Waals surface area contributed by atoms with Gasteiger partial charge in [-0.3, -0.25) is 4.99 Å². The van der Waals surface area contributed by atoms with E-state index in [1.165, 1.54) is 11.3 Å². The Labute approximate surface area is 118 Å². The smallest absolute Gasteiger partial charge is 0.250 e. The van der Waals surface area contributed by atoms with Crippen molar-refractivity contribution in [2.45, 2.75) is 18.1 Å². The maximum absolute atomic E-state index is 11.8. The zero-order chi connectivity index (χ0) is 14.3. The highest BCUT2D eigenvalue weighted by Crippen LogP contribution is 2.14. The van der Waals surface area contributed by atoms with Crippen molar-refractivity contribution in [3.05, 3.63) is 17.5 Å². The summed E-state index contributed by atoms with van der Waals surface area (Å²) < 4.78 is 26.4. The number of nitrogens with one attached hydrogen (secondary N) is 1. The third-order valence-electron chi connectivity index (χ3n) is 2.53. The van der Waals surface area contributed by atoms with Gasteiger partial charge in [-0.25, -0.2) is 13.1 Å². The van der Waals surface area contributed by atoms with Gasteiger partial charge < -0.3 is 10.6 Å². The molecule has 1 aromatic rings. The minimum atomic E-state index is -3.40. The molecule has 0 aliphatic rings. The Bertz CT molecular complexity index is 493. The molecular formula is C11H20N4O2S2. The van der Waals surface area contributed by atoms with Crippen LogP contribution in [0.25, 0.3) is 0 Å². The average molecular weight is 304 g/mol. The van der Waals surface area contributed by atoms with Gasteiger partial charge in [0.2, 0.25) is 10.0 Å². The van der Waals surface area contributed by atoms with Crippen LogP contribution < -0.4 is 10.5 Å². The Morgan fingerprint density at radius 3 is 2.68 bits per heavy atom. The van der Waals surface area contributed by atoms with Gasteiger partial charge in [-0.2, -0.15) is 0 Å². The van der Waals surface area contributed by atoms with Crippen LogP contribution in [-0.4, -0.2) is 45.5 Å². The molecule has 0 atom stereocenters. The van der Waals surface area contributed by atoms with Gasteiger partial charge in [0.05, 0.1) is 6.54 Å². The molecule has 0 amide bonds. The minimum Gasteiger partial charge on any atom is -0.370 e. The summed E-state index contributed by atoms with van der Waals surface area (Å²) in [5, 5.41) is 1.73. The molecule has 6 nitrogen and oxygen atoms in total. The van der Waals surface area contributed by atoms with Gasteiger partial charge in [0, 0.05) is 19.6 Å². The lowest BCUT2D eigenvalue weighted by Gasteiger charge is -2.19. The van der Waals surface area contributed by atoms with Crippen LogP contribution >= 0.6 is 11.3 Å². The van der Waals surface area contributed by atoms with E-state index in [2.05, 4.69) is 9.71 Å². The van der Waals surface area contributed by atoms with Crippen LogP contribution in [0.2, 0.25) is 0 Å². The standard InChI is InChI=1S/C11H20N4O2S2/c1-3-15(4-2)11(12)13-7-8-14-19(16,17)10-6-5-9-18-10/h5-6,9,14H,3-4,7-8H2,1-2H3,(H2,12,13). The first-order chi connectivity index (χ1) is 9.01. The van der Waals surface area contributed by atoms with Crippen LogP contribution in [0.15, 0.2) is 26.7 Å². The Balaban J connectivity index is 2.45. The molecule has 0 fully saturated rings. The van der Waals surface area contributed by atoms with Gasteiger partial charge in [0.15, 0.2) is 5.96 Å². The molecule has 0 aromatic carbocycles. The SMILES string of the molecule is CCN(CC)C(N)=NCCNS(=O)(=O)c1cccs1. The molecule has 0 aliphatic carbocycles. The van der Waals surface area contributed by atoms with Gasteiger partial charge >= 0.3 is 0 Å². The summed E-state index contributed by atoms with van der Waals surface area (Å²) in [6.45, 7) is 6.12. The number of thiophene rings is 1. The van der Waals surface area contributed by atoms with Gasteiger partial charge in [0.1, 0.15) is 4.21 Å². The topological polar surface area (TPSA) is 87.8 Å². The Morgan fingerprint density at radius 1 is 1.47 bits per heavy atom. The monoisotopic (exact) mass is 304 g/mol. The summed E-state index contributed by atoms with van der Waals surface area (Å²) in [6.07, 6.45) is 0. The van der Waals surface area contributed by atoms with Crippen molar-refractivity contribution >= 4 is 27.3 Å². The molecule has 19 heavy (non-hydrogen) atoms. The van der Waals surface area contributed by atoms with Crippen molar-refractivity contribution in [2.24, 2.45) is 10.7 Å². The van der Waals surface area contributed by atoms with Crippen LogP contribution in [0.1, 0.15) is 13.8 Å². The van der Waals surface area contributed by atoms with Crippen LogP contribution in [0.3, 0.4) is 0 Å². The van der Waals surface area contributed by atoms with Crippen LogP contribution in [-0.2, 0) is 10.0 Å². The summed E-state index contributed by atoms with van der Waals surface area (Å²) in [5.74, 6) is 0.445. The predicted molar refractivity (Wildman–Crippen MR) is 78.9 cm³/mol. The highest BCUT2D eigenvalue weighted by atomic mass is 32.2. The summed E-state index contributed by atoms with van der Waals surface area (Å²) >= 11 is 1.19. The normalized spacial score (nSPS) is 12.6. The summed E-state index contributed by atoms with van der Waals surface area (Å²) in [6, 6.07) is 3.27. The van der Waals surface area contributed by atoms with E-state index in [9.17, 15) is 8.42 Å². The van der Waals surface area contributed by atoms with Gasteiger partial charge in [-0.05, 0) is 25.3 Å². The second-order valence-electron chi connectivity index (χ2n) is 3.74. The maximum Gasteiger partial charge on any atom is 0.250 e. The van der Waals surface area contributed by atoms with E-state index < -0.39 is 10.0 Å². The zero-order valence-electron chi connectivity index (χ0n) is 11.2. The minimum absolute atomic E-state index is 0.238. The van der Waals surface area contributed by atoms with E-state index in [4.69, 9.17) is 5.73 Å². The highest BCUT2D eigenvalue weighted by Gasteiger charge is 2.13. The van der Waals surface area contributed by atoms with Gasteiger partial charge in [-0.1, -0.05) is 6.07 Å². The largest absolute Gasteiger partial charge is 0.370 e. The second kappa shape index (κ2) is 7.46. The van der Waals surface area contributed by atoms with Crippen molar-refractivity contribution in [1.29, 1.82) is 0 Å². The first kappa shape index (κ1) is 15.9.